The first-order valence-corrected chi connectivity index (χ1v) is 4.08. The van der Waals surface area contributed by atoms with Crippen LogP contribution in [0.15, 0.2) is 39.5 Å². The Morgan fingerprint density at radius 1 is 1.07 bits per heavy atom. The second-order valence-electron chi connectivity index (χ2n) is 2.97. The maximum absolute atomic E-state index is 12.5. The minimum absolute atomic E-state index is 0.0580. The fourth-order valence-electron chi connectivity index (χ4n) is 1.35. The normalized spacial score (nSPS) is 11.9. The quantitative estimate of drug-likeness (QED) is 0.631. The van der Waals surface area contributed by atoms with Gasteiger partial charge in [0.15, 0.2) is 0 Å². The molecule has 78 valence electrons. The fourth-order valence-corrected chi connectivity index (χ4v) is 1.35. The Bertz CT molecular complexity index is 554. The van der Waals surface area contributed by atoms with Crippen molar-refractivity contribution >= 4 is 11.0 Å². The molecule has 0 unspecified atom stereocenters. The molecule has 0 fully saturated rings. The summed E-state index contributed by atoms with van der Waals surface area (Å²) in [4.78, 5) is 10.8. The fraction of sp³-hybridized carbons (Fsp3) is 0.100. The van der Waals surface area contributed by atoms with Crippen molar-refractivity contribution in [2.75, 3.05) is 0 Å². The summed E-state index contributed by atoms with van der Waals surface area (Å²) in [7, 11) is 0. The lowest BCUT2D eigenvalue weighted by molar-refractivity contribution is -0.136. The zero-order valence-corrected chi connectivity index (χ0v) is 7.34. The molecule has 0 saturated heterocycles. The third kappa shape index (κ3) is 1.72. The van der Waals surface area contributed by atoms with E-state index in [1.165, 1.54) is 12.1 Å². The van der Waals surface area contributed by atoms with E-state index in [1.54, 1.807) is 0 Å². The SMILES string of the molecule is O=c1ccc2c(C(F)(F)F)cccc2o1. The van der Waals surface area contributed by atoms with Gasteiger partial charge in [-0.1, -0.05) is 6.07 Å². The Kier molecular flexibility index (Phi) is 2.03. The average Bonchev–Trinajstić information content (AvgIpc) is 2.15. The molecule has 0 bridgehead atoms. The largest absolute Gasteiger partial charge is 0.423 e. The maximum atomic E-state index is 12.5. The summed E-state index contributed by atoms with van der Waals surface area (Å²) in [6, 6.07) is 5.56. The summed E-state index contributed by atoms with van der Waals surface area (Å²) in [5.41, 5.74) is -1.53. The Hall–Kier alpha value is -1.78. The van der Waals surface area contributed by atoms with Gasteiger partial charge in [-0.3, -0.25) is 0 Å². The zero-order valence-electron chi connectivity index (χ0n) is 7.34. The summed E-state index contributed by atoms with van der Waals surface area (Å²) >= 11 is 0. The Balaban J connectivity index is 2.83. The molecule has 0 atom stereocenters. The molecule has 0 aliphatic rings. The van der Waals surface area contributed by atoms with Crippen molar-refractivity contribution < 1.29 is 17.6 Å². The lowest BCUT2D eigenvalue weighted by Gasteiger charge is -2.08. The van der Waals surface area contributed by atoms with Gasteiger partial charge in [-0.2, -0.15) is 13.2 Å². The van der Waals surface area contributed by atoms with Gasteiger partial charge in [-0.15, -0.1) is 0 Å². The predicted octanol–water partition coefficient (Wildman–Crippen LogP) is 2.81. The number of hydrogen-bond donors (Lipinski definition) is 0. The van der Waals surface area contributed by atoms with E-state index >= 15 is 0 Å². The van der Waals surface area contributed by atoms with Crippen LogP contribution in [0.2, 0.25) is 0 Å². The van der Waals surface area contributed by atoms with Gasteiger partial charge in [0.05, 0.1) is 5.56 Å². The van der Waals surface area contributed by atoms with Crippen LogP contribution in [0.1, 0.15) is 5.56 Å². The molecule has 0 spiro atoms. The minimum Gasteiger partial charge on any atom is -0.423 e. The molecule has 1 aromatic carbocycles. The molecule has 1 heterocycles. The first-order valence-electron chi connectivity index (χ1n) is 4.08. The van der Waals surface area contributed by atoms with Gasteiger partial charge in [-0.05, 0) is 18.2 Å². The number of fused-ring (bicyclic) bond motifs is 1. The van der Waals surface area contributed by atoms with E-state index in [0.29, 0.717) is 0 Å². The number of halogens is 3. The number of alkyl halides is 3. The van der Waals surface area contributed by atoms with Gasteiger partial charge in [0, 0.05) is 11.5 Å². The van der Waals surface area contributed by atoms with Crippen LogP contribution in [0.25, 0.3) is 11.0 Å². The van der Waals surface area contributed by atoms with Crippen molar-refractivity contribution in [3.8, 4) is 0 Å². The van der Waals surface area contributed by atoms with E-state index in [-0.39, 0.29) is 11.0 Å². The molecule has 0 N–H and O–H groups in total. The van der Waals surface area contributed by atoms with Crippen molar-refractivity contribution in [2.45, 2.75) is 6.18 Å². The number of benzene rings is 1. The highest BCUT2D eigenvalue weighted by molar-refractivity contribution is 5.80. The summed E-state index contributed by atoms with van der Waals surface area (Å²) in [6.45, 7) is 0. The highest BCUT2D eigenvalue weighted by Gasteiger charge is 2.32. The van der Waals surface area contributed by atoms with E-state index < -0.39 is 17.4 Å². The molecule has 0 aliphatic heterocycles. The first-order chi connectivity index (χ1) is 6.98. The first kappa shape index (κ1) is 9.76. The Morgan fingerprint density at radius 2 is 1.80 bits per heavy atom. The molecular weight excluding hydrogens is 209 g/mol. The van der Waals surface area contributed by atoms with Gasteiger partial charge in [0.2, 0.25) is 0 Å². The molecule has 0 amide bonds. The van der Waals surface area contributed by atoms with Gasteiger partial charge < -0.3 is 4.42 Å². The van der Waals surface area contributed by atoms with E-state index in [0.717, 1.165) is 18.2 Å². The standard InChI is InChI=1S/C10H5F3O2/c11-10(12,13)7-2-1-3-8-6(7)4-5-9(14)15-8/h1-5H. The van der Waals surface area contributed by atoms with E-state index in [2.05, 4.69) is 4.42 Å². The van der Waals surface area contributed by atoms with Crippen molar-refractivity contribution in [1.82, 2.24) is 0 Å². The molecule has 5 heteroatoms. The van der Waals surface area contributed by atoms with Crippen molar-refractivity contribution in [2.24, 2.45) is 0 Å². The summed E-state index contributed by atoms with van der Waals surface area (Å²) in [5.74, 6) is 0. The lowest BCUT2D eigenvalue weighted by atomic mass is 10.1. The molecule has 0 aliphatic carbocycles. The molecule has 2 nitrogen and oxygen atoms in total. The van der Waals surface area contributed by atoms with E-state index in [4.69, 9.17) is 0 Å². The maximum Gasteiger partial charge on any atom is 0.417 e. The Labute approximate surface area is 81.9 Å². The van der Waals surface area contributed by atoms with Crippen molar-refractivity contribution in [1.29, 1.82) is 0 Å². The van der Waals surface area contributed by atoms with Crippen LogP contribution < -0.4 is 5.63 Å². The smallest absolute Gasteiger partial charge is 0.417 e. The van der Waals surface area contributed by atoms with Crippen molar-refractivity contribution in [3.63, 3.8) is 0 Å². The lowest BCUT2D eigenvalue weighted by Crippen LogP contribution is -2.06. The van der Waals surface area contributed by atoms with E-state index in [9.17, 15) is 18.0 Å². The van der Waals surface area contributed by atoms with Gasteiger partial charge in [0.1, 0.15) is 5.58 Å². The number of rotatable bonds is 0. The van der Waals surface area contributed by atoms with Gasteiger partial charge in [0.25, 0.3) is 0 Å². The average molecular weight is 214 g/mol. The van der Waals surface area contributed by atoms with Crippen LogP contribution in [0, 0.1) is 0 Å². The summed E-state index contributed by atoms with van der Waals surface area (Å²) in [6.07, 6.45) is -4.45. The van der Waals surface area contributed by atoms with Gasteiger partial charge in [-0.25, -0.2) is 4.79 Å². The second-order valence-corrected chi connectivity index (χ2v) is 2.97. The van der Waals surface area contributed by atoms with E-state index in [1.807, 2.05) is 0 Å². The van der Waals surface area contributed by atoms with Crippen LogP contribution >= 0.6 is 0 Å². The molecular formula is C10H5F3O2. The van der Waals surface area contributed by atoms with Crippen LogP contribution in [-0.4, -0.2) is 0 Å². The highest BCUT2D eigenvalue weighted by atomic mass is 19.4. The topological polar surface area (TPSA) is 30.2 Å². The monoisotopic (exact) mass is 214 g/mol. The molecule has 2 rings (SSSR count). The minimum atomic E-state index is -4.45. The Morgan fingerprint density at radius 3 is 2.47 bits per heavy atom. The van der Waals surface area contributed by atoms with Crippen LogP contribution in [-0.2, 0) is 6.18 Å². The van der Waals surface area contributed by atoms with Crippen LogP contribution in [0.5, 0.6) is 0 Å². The zero-order chi connectivity index (χ0) is 11.1. The van der Waals surface area contributed by atoms with Crippen LogP contribution in [0.3, 0.4) is 0 Å². The number of hydrogen-bond acceptors (Lipinski definition) is 2. The van der Waals surface area contributed by atoms with Crippen LogP contribution in [0.4, 0.5) is 13.2 Å². The molecule has 2 aromatic rings. The molecule has 0 radical (unpaired) electrons. The predicted molar refractivity (Wildman–Crippen MR) is 47.5 cm³/mol. The summed E-state index contributed by atoms with van der Waals surface area (Å²) < 4.78 is 42.1. The summed E-state index contributed by atoms with van der Waals surface area (Å²) in [5, 5.41) is -0.107. The van der Waals surface area contributed by atoms with Gasteiger partial charge >= 0.3 is 11.8 Å². The molecule has 0 saturated carbocycles. The second kappa shape index (κ2) is 3.12. The van der Waals surface area contributed by atoms with Crippen molar-refractivity contribution in [3.05, 3.63) is 46.3 Å². The third-order valence-corrected chi connectivity index (χ3v) is 1.97. The molecule has 15 heavy (non-hydrogen) atoms. The third-order valence-electron chi connectivity index (χ3n) is 1.97. The molecule has 1 aromatic heterocycles. The highest BCUT2D eigenvalue weighted by Crippen LogP contribution is 2.33.